The van der Waals surface area contributed by atoms with Gasteiger partial charge in [-0.25, -0.2) is 4.79 Å². The normalized spacial score (nSPS) is 9.43. The van der Waals surface area contributed by atoms with Gasteiger partial charge in [-0.1, -0.05) is 6.08 Å². The number of hydrogen-bond donors (Lipinski definition) is 2. The molecule has 0 aromatic carbocycles. The molecule has 0 aliphatic heterocycles. The largest absolute Gasteiger partial charge is 0.478 e. The van der Waals surface area contributed by atoms with Crippen molar-refractivity contribution >= 4 is 28.2 Å². The fourth-order valence-electron chi connectivity index (χ4n) is 0.883. The number of thiophene rings is 1. The highest BCUT2D eigenvalue weighted by atomic mass is 32.1. The highest BCUT2D eigenvalue weighted by Crippen LogP contribution is 2.23. The van der Waals surface area contributed by atoms with E-state index in [1.165, 1.54) is 23.5 Å². The van der Waals surface area contributed by atoms with E-state index in [-0.39, 0.29) is 17.9 Å². The van der Waals surface area contributed by atoms with Crippen molar-refractivity contribution in [1.29, 1.82) is 0 Å². The molecular formula is C9H9NO3S. The van der Waals surface area contributed by atoms with Crippen molar-refractivity contribution in [1.82, 2.24) is 0 Å². The van der Waals surface area contributed by atoms with Crippen LogP contribution in [0.5, 0.6) is 0 Å². The maximum absolute atomic E-state index is 11.1. The molecule has 4 nitrogen and oxygen atoms in total. The summed E-state index contributed by atoms with van der Waals surface area (Å²) in [6.45, 7) is 3.41. The Bertz CT molecular complexity index is 370. The number of anilines is 1. The average molecular weight is 211 g/mol. The zero-order chi connectivity index (χ0) is 10.6. The van der Waals surface area contributed by atoms with Crippen LogP contribution in [0.2, 0.25) is 0 Å². The summed E-state index contributed by atoms with van der Waals surface area (Å²) >= 11 is 1.18. The molecule has 1 amide bonds. The van der Waals surface area contributed by atoms with Gasteiger partial charge >= 0.3 is 5.97 Å². The van der Waals surface area contributed by atoms with Crippen LogP contribution in [-0.2, 0) is 4.79 Å². The van der Waals surface area contributed by atoms with Gasteiger partial charge in [0.05, 0.1) is 5.56 Å². The van der Waals surface area contributed by atoms with Gasteiger partial charge in [-0.05, 0) is 11.4 Å². The summed E-state index contributed by atoms with van der Waals surface area (Å²) in [6, 6.07) is 1.45. The van der Waals surface area contributed by atoms with Crippen LogP contribution in [0.1, 0.15) is 16.8 Å². The molecule has 0 fully saturated rings. The molecule has 1 heterocycles. The third kappa shape index (κ3) is 2.43. The van der Waals surface area contributed by atoms with Gasteiger partial charge in [0.1, 0.15) is 5.00 Å². The molecule has 0 bridgehead atoms. The summed E-state index contributed by atoms with van der Waals surface area (Å²) in [7, 11) is 0. The van der Waals surface area contributed by atoms with E-state index in [0.29, 0.717) is 5.00 Å². The number of nitrogens with one attached hydrogen (secondary N) is 1. The topological polar surface area (TPSA) is 66.4 Å². The number of carboxylic acids is 1. The molecule has 0 unspecified atom stereocenters. The number of rotatable bonds is 4. The summed E-state index contributed by atoms with van der Waals surface area (Å²) in [4.78, 5) is 21.8. The molecular weight excluding hydrogens is 202 g/mol. The zero-order valence-corrected chi connectivity index (χ0v) is 8.13. The summed E-state index contributed by atoms with van der Waals surface area (Å²) in [6.07, 6.45) is 1.64. The van der Waals surface area contributed by atoms with E-state index in [4.69, 9.17) is 5.11 Å². The molecule has 1 aromatic rings. The molecule has 14 heavy (non-hydrogen) atoms. The van der Waals surface area contributed by atoms with Gasteiger partial charge in [-0.15, -0.1) is 17.9 Å². The van der Waals surface area contributed by atoms with Crippen LogP contribution in [0, 0.1) is 0 Å². The second-order valence-electron chi connectivity index (χ2n) is 2.51. The molecule has 2 N–H and O–H groups in total. The Balaban J connectivity index is 2.76. The monoisotopic (exact) mass is 211 g/mol. The van der Waals surface area contributed by atoms with Crippen molar-refractivity contribution in [2.24, 2.45) is 0 Å². The molecule has 1 aromatic heterocycles. The van der Waals surface area contributed by atoms with Gasteiger partial charge in [0.25, 0.3) is 0 Å². The Labute approximate surface area is 84.9 Å². The Morgan fingerprint density at radius 1 is 1.64 bits per heavy atom. The molecule has 0 aliphatic carbocycles. The summed E-state index contributed by atoms with van der Waals surface area (Å²) in [5, 5.41) is 13.2. The van der Waals surface area contributed by atoms with Crippen LogP contribution in [0.15, 0.2) is 24.1 Å². The van der Waals surface area contributed by atoms with Gasteiger partial charge in [0, 0.05) is 6.42 Å². The fraction of sp³-hybridized carbons (Fsp3) is 0.111. The van der Waals surface area contributed by atoms with Crippen LogP contribution in [0.4, 0.5) is 5.00 Å². The van der Waals surface area contributed by atoms with E-state index in [2.05, 4.69) is 11.9 Å². The standard InChI is InChI=1S/C9H9NO3S/c1-2-3-7(11)10-8-6(9(12)13)4-5-14-8/h2,4-5H,1,3H2,(H,10,11)(H,12,13). The van der Waals surface area contributed by atoms with Crippen molar-refractivity contribution < 1.29 is 14.7 Å². The van der Waals surface area contributed by atoms with Gasteiger partial charge < -0.3 is 10.4 Å². The van der Waals surface area contributed by atoms with Crippen molar-refractivity contribution in [3.8, 4) is 0 Å². The van der Waals surface area contributed by atoms with Crippen molar-refractivity contribution in [2.75, 3.05) is 5.32 Å². The minimum Gasteiger partial charge on any atom is -0.478 e. The second-order valence-corrected chi connectivity index (χ2v) is 3.43. The molecule has 0 saturated carbocycles. The first-order valence-corrected chi connectivity index (χ1v) is 4.74. The predicted octanol–water partition coefficient (Wildman–Crippen LogP) is 1.96. The zero-order valence-electron chi connectivity index (χ0n) is 7.32. The van der Waals surface area contributed by atoms with Crippen LogP contribution < -0.4 is 5.32 Å². The fourth-order valence-corrected chi connectivity index (χ4v) is 1.68. The lowest BCUT2D eigenvalue weighted by Gasteiger charge is -2.00. The summed E-state index contributed by atoms with van der Waals surface area (Å²) < 4.78 is 0. The Morgan fingerprint density at radius 3 is 2.93 bits per heavy atom. The quantitative estimate of drug-likeness (QED) is 0.748. The van der Waals surface area contributed by atoms with Crippen LogP contribution in [0.25, 0.3) is 0 Å². The number of aromatic carboxylic acids is 1. The van der Waals surface area contributed by atoms with Gasteiger partial charge in [-0.2, -0.15) is 0 Å². The van der Waals surface area contributed by atoms with Crippen LogP contribution in [0.3, 0.4) is 0 Å². The van der Waals surface area contributed by atoms with Crippen molar-refractivity contribution in [2.45, 2.75) is 6.42 Å². The molecule has 5 heteroatoms. The first kappa shape index (κ1) is 10.5. The van der Waals surface area contributed by atoms with Crippen molar-refractivity contribution in [3.63, 3.8) is 0 Å². The summed E-state index contributed by atoms with van der Waals surface area (Å²) in [5.41, 5.74) is 0.118. The van der Waals surface area contributed by atoms with Gasteiger partial charge in [-0.3, -0.25) is 4.79 Å². The number of hydrogen-bond acceptors (Lipinski definition) is 3. The van der Waals surface area contributed by atoms with E-state index in [9.17, 15) is 9.59 Å². The number of amides is 1. The summed E-state index contributed by atoms with van der Waals surface area (Å²) in [5.74, 6) is -1.30. The molecule has 0 saturated heterocycles. The predicted molar refractivity (Wildman–Crippen MR) is 54.7 cm³/mol. The third-order valence-corrected chi connectivity index (χ3v) is 2.31. The van der Waals surface area contributed by atoms with E-state index < -0.39 is 5.97 Å². The lowest BCUT2D eigenvalue weighted by atomic mass is 10.3. The number of carbonyl (C=O) groups excluding carboxylic acids is 1. The van der Waals surface area contributed by atoms with Gasteiger partial charge in [0.2, 0.25) is 5.91 Å². The Hall–Kier alpha value is -1.62. The van der Waals surface area contributed by atoms with Crippen LogP contribution in [-0.4, -0.2) is 17.0 Å². The first-order chi connectivity index (χ1) is 6.65. The van der Waals surface area contributed by atoms with Crippen molar-refractivity contribution in [3.05, 3.63) is 29.7 Å². The second kappa shape index (κ2) is 4.57. The minimum absolute atomic E-state index is 0.118. The Kier molecular flexibility index (Phi) is 3.41. The van der Waals surface area contributed by atoms with E-state index in [1.807, 2.05) is 0 Å². The number of carboxylic acid groups (broad SMARTS) is 1. The number of carbonyl (C=O) groups is 2. The minimum atomic E-state index is -1.04. The van der Waals surface area contributed by atoms with E-state index in [0.717, 1.165) is 0 Å². The van der Waals surface area contributed by atoms with Gasteiger partial charge in [0.15, 0.2) is 0 Å². The lowest BCUT2D eigenvalue weighted by molar-refractivity contribution is -0.115. The molecule has 0 radical (unpaired) electrons. The molecule has 0 aliphatic rings. The lowest BCUT2D eigenvalue weighted by Crippen LogP contribution is -2.11. The first-order valence-electron chi connectivity index (χ1n) is 3.86. The maximum Gasteiger partial charge on any atom is 0.338 e. The molecule has 0 atom stereocenters. The SMILES string of the molecule is C=CCC(=O)Nc1sccc1C(=O)O. The molecule has 1 rings (SSSR count). The molecule has 0 spiro atoms. The van der Waals surface area contributed by atoms with Crippen LogP contribution >= 0.6 is 11.3 Å². The Morgan fingerprint density at radius 2 is 2.36 bits per heavy atom. The van der Waals surface area contributed by atoms with E-state index in [1.54, 1.807) is 5.38 Å². The maximum atomic E-state index is 11.1. The van der Waals surface area contributed by atoms with E-state index >= 15 is 0 Å². The third-order valence-electron chi connectivity index (χ3n) is 1.48. The molecule has 74 valence electrons. The average Bonchev–Trinajstić information content (AvgIpc) is 2.52. The smallest absolute Gasteiger partial charge is 0.338 e. The highest BCUT2D eigenvalue weighted by Gasteiger charge is 2.12. The highest BCUT2D eigenvalue weighted by molar-refractivity contribution is 7.14.